The molecule has 4 heteroatoms. The molecule has 0 spiro atoms. The van der Waals surface area contributed by atoms with Gasteiger partial charge in [-0.3, -0.25) is 14.8 Å². The first-order valence-electron chi connectivity index (χ1n) is 9.44. The first-order valence-corrected chi connectivity index (χ1v) is 9.44. The SMILES string of the molecule is O=C(Cc1ccc2c(c1)CCCC2)N1CCC(c2cnccn2)CC1. The normalized spacial score (nSPS) is 18.0. The third kappa shape index (κ3) is 3.73. The quantitative estimate of drug-likeness (QED) is 0.864. The number of benzene rings is 1. The lowest BCUT2D eigenvalue weighted by Gasteiger charge is -2.31. The summed E-state index contributed by atoms with van der Waals surface area (Å²) in [5, 5.41) is 0. The highest BCUT2D eigenvalue weighted by Gasteiger charge is 2.24. The monoisotopic (exact) mass is 335 g/mol. The molecule has 0 atom stereocenters. The molecular formula is C21H25N3O. The number of piperidine rings is 1. The molecule has 1 aromatic carbocycles. The van der Waals surface area contributed by atoms with E-state index in [2.05, 4.69) is 28.2 Å². The van der Waals surface area contributed by atoms with Gasteiger partial charge in [0.25, 0.3) is 0 Å². The molecule has 1 amide bonds. The zero-order chi connectivity index (χ0) is 17.1. The summed E-state index contributed by atoms with van der Waals surface area (Å²) in [6.45, 7) is 1.65. The number of likely N-dealkylation sites (tertiary alicyclic amines) is 1. The fourth-order valence-corrected chi connectivity index (χ4v) is 4.13. The summed E-state index contributed by atoms with van der Waals surface area (Å²) in [6.07, 6.45) is 12.7. The van der Waals surface area contributed by atoms with E-state index in [-0.39, 0.29) is 5.91 Å². The van der Waals surface area contributed by atoms with Gasteiger partial charge in [-0.1, -0.05) is 18.2 Å². The lowest BCUT2D eigenvalue weighted by Crippen LogP contribution is -2.39. The van der Waals surface area contributed by atoms with E-state index in [1.54, 1.807) is 12.4 Å². The summed E-state index contributed by atoms with van der Waals surface area (Å²) in [4.78, 5) is 23.3. The molecule has 4 rings (SSSR count). The average molecular weight is 335 g/mol. The highest BCUT2D eigenvalue weighted by molar-refractivity contribution is 5.79. The third-order valence-corrected chi connectivity index (χ3v) is 5.62. The second-order valence-electron chi connectivity index (χ2n) is 7.27. The maximum atomic E-state index is 12.7. The van der Waals surface area contributed by atoms with Gasteiger partial charge in [-0.25, -0.2) is 0 Å². The summed E-state index contributed by atoms with van der Waals surface area (Å²) in [7, 11) is 0. The highest BCUT2D eigenvalue weighted by atomic mass is 16.2. The van der Waals surface area contributed by atoms with Crippen molar-refractivity contribution < 1.29 is 4.79 Å². The Bertz CT molecular complexity index is 736. The number of carbonyl (C=O) groups is 1. The summed E-state index contributed by atoms with van der Waals surface area (Å²) >= 11 is 0. The van der Waals surface area contributed by atoms with Crippen LogP contribution < -0.4 is 0 Å². The first-order chi connectivity index (χ1) is 12.3. The molecule has 4 nitrogen and oxygen atoms in total. The van der Waals surface area contributed by atoms with E-state index in [4.69, 9.17) is 0 Å². The van der Waals surface area contributed by atoms with Crippen LogP contribution in [0.5, 0.6) is 0 Å². The molecule has 0 unspecified atom stereocenters. The molecule has 2 aliphatic rings. The molecule has 25 heavy (non-hydrogen) atoms. The highest BCUT2D eigenvalue weighted by Crippen LogP contribution is 2.27. The second-order valence-corrected chi connectivity index (χ2v) is 7.27. The molecule has 0 N–H and O–H groups in total. The van der Waals surface area contributed by atoms with Crippen molar-refractivity contribution in [3.63, 3.8) is 0 Å². The minimum Gasteiger partial charge on any atom is -0.342 e. The van der Waals surface area contributed by atoms with Crippen LogP contribution in [-0.2, 0) is 24.1 Å². The summed E-state index contributed by atoms with van der Waals surface area (Å²) in [5.74, 6) is 0.690. The Balaban J connectivity index is 1.35. The van der Waals surface area contributed by atoms with Gasteiger partial charge in [-0.05, 0) is 55.2 Å². The van der Waals surface area contributed by atoms with Gasteiger partial charge in [-0.2, -0.15) is 0 Å². The molecule has 1 fully saturated rings. The fourth-order valence-electron chi connectivity index (χ4n) is 4.13. The molecule has 0 saturated carbocycles. The molecule has 130 valence electrons. The third-order valence-electron chi connectivity index (χ3n) is 5.62. The minimum absolute atomic E-state index is 0.258. The zero-order valence-corrected chi connectivity index (χ0v) is 14.7. The number of hydrogen-bond acceptors (Lipinski definition) is 3. The number of aryl methyl sites for hydroxylation is 2. The number of amides is 1. The molecule has 1 saturated heterocycles. The van der Waals surface area contributed by atoms with Crippen molar-refractivity contribution in [2.24, 2.45) is 0 Å². The predicted molar refractivity (Wildman–Crippen MR) is 97.4 cm³/mol. The Morgan fingerprint density at radius 2 is 1.88 bits per heavy atom. The Hall–Kier alpha value is -2.23. The van der Waals surface area contributed by atoms with E-state index in [1.807, 2.05) is 11.1 Å². The van der Waals surface area contributed by atoms with Crippen LogP contribution in [0.3, 0.4) is 0 Å². The van der Waals surface area contributed by atoms with E-state index in [0.29, 0.717) is 12.3 Å². The molecule has 1 aromatic heterocycles. The van der Waals surface area contributed by atoms with E-state index < -0.39 is 0 Å². The Labute approximate surface area is 149 Å². The van der Waals surface area contributed by atoms with E-state index in [1.165, 1.54) is 42.4 Å². The fraction of sp³-hybridized carbons (Fsp3) is 0.476. The van der Waals surface area contributed by atoms with Gasteiger partial charge in [0.15, 0.2) is 0 Å². The van der Waals surface area contributed by atoms with Gasteiger partial charge in [0, 0.05) is 37.6 Å². The van der Waals surface area contributed by atoms with Crippen molar-refractivity contribution in [3.05, 3.63) is 59.2 Å². The number of hydrogen-bond donors (Lipinski definition) is 0. The van der Waals surface area contributed by atoms with Crippen molar-refractivity contribution in [2.75, 3.05) is 13.1 Å². The average Bonchev–Trinajstić information content (AvgIpc) is 2.69. The van der Waals surface area contributed by atoms with Gasteiger partial charge < -0.3 is 4.90 Å². The topological polar surface area (TPSA) is 46.1 Å². The largest absolute Gasteiger partial charge is 0.342 e. The molecule has 2 aromatic rings. The van der Waals surface area contributed by atoms with Crippen molar-refractivity contribution in [1.29, 1.82) is 0 Å². The van der Waals surface area contributed by atoms with E-state index >= 15 is 0 Å². The Morgan fingerprint density at radius 1 is 1.08 bits per heavy atom. The summed E-state index contributed by atoms with van der Waals surface area (Å²) in [6, 6.07) is 6.64. The van der Waals surface area contributed by atoms with Crippen LogP contribution in [-0.4, -0.2) is 33.9 Å². The lowest BCUT2D eigenvalue weighted by molar-refractivity contribution is -0.131. The van der Waals surface area contributed by atoms with Crippen molar-refractivity contribution in [1.82, 2.24) is 14.9 Å². The lowest BCUT2D eigenvalue weighted by atomic mass is 9.89. The maximum absolute atomic E-state index is 12.7. The molecule has 0 radical (unpaired) electrons. The first kappa shape index (κ1) is 16.2. The molecule has 2 heterocycles. The van der Waals surface area contributed by atoms with E-state index in [9.17, 15) is 4.79 Å². The number of nitrogens with zero attached hydrogens (tertiary/aromatic N) is 3. The Kier molecular flexibility index (Phi) is 4.77. The van der Waals surface area contributed by atoms with Crippen LogP contribution in [0.4, 0.5) is 0 Å². The minimum atomic E-state index is 0.258. The van der Waals surface area contributed by atoms with Crippen LogP contribution in [0.15, 0.2) is 36.8 Å². The van der Waals surface area contributed by atoms with Crippen molar-refractivity contribution >= 4 is 5.91 Å². The van der Waals surface area contributed by atoms with Crippen molar-refractivity contribution in [2.45, 2.75) is 50.9 Å². The van der Waals surface area contributed by atoms with Crippen molar-refractivity contribution in [3.8, 4) is 0 Å². The van der Waals surface area contributed by atoms with Crippen LogP contribution in [0, 0.1) is 0 Å². The second kappa shape index (κ2) is 7.34. The summed E-state index contributed by atoms with van der Waals surface area (Å²) < 4.78 is 0. The van der Waals surface area contributed by atoms with Gasteiger partial charge >= 0.3 is 0 Å². The number of rotatable bonds is 3. The Morgan fingerprint density at radius 3 is 2.64 bits per heavy atom. The standard InChI is InChI=1S/C21H25N3O/c25-21(14-16-5-6-17-3-1-2-4-19(17)13-16)24-11-7-18(8-12-24)20-15-22-9-10-23-20/h5-6,9-10,13,15,18H,1-4,7-8,11-12,14H2. The van der Waals surface area contributed by atoms with Gasteiger partial charge in [0.1, 0.15) is 0 Å². The van der Waals surface area contributed by atoms with Crippen LogP contribution in [0.2, 0.25) is 0 Å². The van der Waals surface area contributed by atoms with Gasteiger partial charge in [0.05, 0.1) is 12.1 Å². The maximum Gasteiger partial charge on any atom is 0.226 e. The number of carbonyl (C=O) groups excluding carboxylic acids is 1. The number of aromatic nitrogens is 2. The van der Waals surface area contributed by atoms with Gasteiger partial charge in [0.2, 0.25) is 5.91 Å². The van der Waals surface area contributed by atoms with Gasteiger partial charge in [-0.15, -0.1) is 0 Å². The smallest absolute Gasteiger partial charge is 0.226 e. The molecule has 0 bridgehead atoms. The van der Waals surface area contributed by atoms with Crippen LogP contribution in [0.1, 0.15) is 54.0 Å². The van der Waals surface area contributed by atoms with Crippen LogP contribution >= 0.6 is 0 Å². The molecular weight excluding hydrogens is 310 g/mol. The molecule has 1 aliphatic heterocycles. The summed E-state index contributed by atoms with van der Waals surface area (Å²) in [5.41, 5.74) is 5.16. The number of fused-ring (bicyclic) bond motifs is 1. The van der Waals surface area contributed by atoms with Crippen LogP contribution in [0.25, 0.3) is 0 Å². The van der Waals surface area contributed by atoms with E-state index in [0.717, 1.165) is 31.6 Å². The molecule has 1 aliphatic carbocycles. The zero-order valence-electron chi connectivity index (χ0n) is 14.7. The predicted octanol–water partition coefficient (Wildman–Crippen LogP) is 3.30.